The lowest BCUT2D eigenvalue weighted by Crippen LogP contribution is -2.44. The van der Waals surface area contributed by atoms with Crippen LogP contribution >= 0.6 is 0 Å². The number of urea groups is 1. The van der Waals surface area contributed by atoms with Gasteiger partial charge in [-0.2, -0.15) is 0 Å². The van der Waals surface area contributed by atoms with Crippen LogP contribution in [-0.4, -0.2) is 57.9 Å². The molecule has 4 amide bonds. The number of hydrogen-bond donors (Lipinski definition) is 2. The maximum absolute atomic E-state index is 12.8. The van der Waals surface area contributed by atoms with E-state index >= 15 is 0 Å². The summed E-state index contributed by atoms with van der Waals surface area (Å²) >= 11 is 0. The molecule has 1 saturated carbocycles. The average molecular weight is 422 g/mol. The molecule has 2 N–H and O–H groups in total. The highest BCUT2D eigenvalue weighted by atomic mass is 16.2. The number of rotatable bonds is 5. The van der Waals surface area contributed by atoms with Crippen molar-refractivity contribution in [3.8, 4) is 0 Å². The van der Waals surface area contributed by atoms with Crippen LogP contribution in [0.15, 0.2) is 24.3 Å². The molecule has 0 bridgehead atoms. The fourth-order valence-electron chi connectivity index (χ4n) is 4.83. The zero-order valence-electron chi connectivity index (χ0n) is 17.4. The Kier molecular flexibility index (Phi) is 4.95. The van der Waals surface area contributed by atoms with Gasteiger partial charge in [-0.25, -0.2) is 14.8 Å². The number of carbonyl (C=O) groups is 3. The third kappa shape index (κ3) is 3.58. The van der Waals surface area contributed by atoms with E-state index in [1.165, 1.54) is 4.90 Å². The van der Waals surface area contributed by atoms with Crippen LogP contribution in [0.1, 0.15) is 44.9 Å². The van der Waals surface area contributed by atoms with Crippen molar-refractivity contribution in [3.63, 3.8) is 0 Å². The molecule has 0 radical (unpaired) electrons. The molecule has 0 atom stereocenters. The minimum absolute atomic E-state index is 0.0171. The third-order valence-corrected chi connectivity index (χ3v) is 6.48. The second-order valence-electron chi connectivity index (χ2n) is 8.55. The summed E-state index contributed by atoms with van der Waals surface area (Å²) in [6, 6.07) is 7.17. The van der Waals surface area contributed by atoms with Crippen LogP contribution in [0, 0.1) is 0 Å². The Hall–Kier alpha value is -3.23. The number of imide groups is 1. The molecule has 2 saturated heterocycles. The summed E-state index contributed by atoms with van der Waals surface area (Å²) in [7, 11) is 0. The predicted octanol–water partition coefficient (Wildman–Crippen LogP) is 2.42. The Balaban J connectivity index is 1.30. The minimum Gasteiger partial charge on any atom is -0.354 e. The zero-order chi connectivity index (χ0) is 21.4. The first-order valence-electron chi connectivity index (χ1n) is 11.0. The van der Waals surface area contributed by atoms with Crippen molar-refractivity contribution in [2.24, 2.45) is 0 Å². The second kappa shape index (κ2) is 7.79. The Morgan fingerprint density at radius 3 is 2.42 bits per heavy atom. The second-order valence-corrected chi connectivity index (χ2v) is 8.55. The normalized spacial score (nSPS) is 20.1. The van der Waals surface area contributed by atoms with Crippen LogP contribution in [0.4, 0.5) is 16.4 Å². The smallest absolute Gasteiger partial charge is 0.325 e. The number of benzene rings is 1. The van der Waals surface area contributed by atoms with Crippen LogP contribution in [0.2, 0.25) is 0 Å². The van der Waals surface area contributed by atoms with Crippen molar-refractivity contribution in [1.82, 2.24) is 20.2 Å². The molecule has 162 valence electrons. The topological polar surface area (TPSA) is 108 Å². The molecule has 2 aliphatic heterocycles. The van der Waals surface area contributed by atoms with Gasteiger partial charge in [0.2, 0.25) is 5.91 Å². The van der Waals surface area contributed by atoms with Crippen LogP contribution < -0.4 is 15.5 Å². The number of nitrogens with one attached hydrogen (secondary N) is 2. The van der Waals surface area contributed by atoms with Crippen LogP contribution in [0.25, 0.3) is 11.0 Å². The number of aromatic nitrogens is 2. The predicted molar refractivity (Wildman–Crippen MR) is 116 cm³/mol. The number of hydrogen-bond acceptors (Lipinski definition) is 6. The summed E-state index contributed by atoms with van der Waals surface area (Å²) in [5.74, 6) is 0.601. The van der Waals surface area contributed by atoms with Crippen LogP contribution in [-0.2, 0) is 9.59 Å². The summed E-state index contributed by atoms with van der Waals surface area (Å²) in [5, 5.41) is 5.72. The Morgan fingerprint density at radius 1 is 1.03 bits per heavy atom. The van der Waals surface area contributed by atoms with Crippen molar-refractivity contribution in [2.45, 2.75) is 50.5 Å². The number of para-hydroxylation sites is 2. The van der Waals surface area contributed by atoms with Crippen molar-refractivity contribution in [1.29, 1.82) is 0 Å². The molecule has 5 rings (SSSR count). The maximum Gasteiger partial charge on any atom is 0.325 e. The summed E-state index contributed by atoms with van der Waals surface area (Å²) < 4.78 is 0. The van der Waals surface area contributed by atoms with Gasteiger partial charge in [-0.3, -0.25) is 14.5 Å². The largest absolute Gasteiger partial charge is 0.354 e. The van der Waals surface area contributed by atoms with Gasteiger partial charge in [-0.15, -0.1) is 0 Å². The molecule has 3 fully saturated rings. The number of amides is 4. The van der Waals surface area contributed by atoms with Gasteiger partial charge >= 0.3 is 6.03 Å². The van der Waals surface area contributed by atoms with Gasteiger partial charge in [-0.1, -0.05) is 25.0 Å². The lowest BCUT2D eigenvalue weighted by atomic mass is 9.98. The Morgan fingerprint density at radius 2 is 1.71 bits per heavy atom. The van der Waals surface area contributed by atoms with Crippen LogP contribution in [0.5, 0.6) is 0 Å². The number of fused-ring (bicyclic) bond motifs is 1. The standard InChI is InChI=1S/C22H26N6O3/c29-17(9-14-28-20(30)22(26-21(28)31)10-3-4-11-22)25-18-19(27-12-5-6-13-27)24-16-8-2-1-7-15(16)23-18/h1-2,7-8H,3-6,9-14H2,(H,26,31)(H,23,25,29). The summed E-state index contributed by atoms with van der Waals surface area (Å²) in [5.41, 5.74) is 0.738. The lowest BCUT2D eigenvalue weighted by molar-refractivity contribution is -0.131. The van der Waals surface area contributed by atoms with Gasteiger partial charge in [0, 0.05) is 26.1 Å². The quantitative estimate of drug-likeness (QED) is 0.717. The molecular weight excluding hydrogens is 396 g/mol. The molecule has 0 unspecified atom stereocenters. The van der Waals surface area contributed by atoms with Crippen molar-refractivity contribution in [2.75, 3.05) is 29.9 Å². The van der Waals surface area contributed by atoms with Gasteiger partial charge in [-0.05, 0) is 37.8 Å². The van der Waals surface area contributed by atoms with E-state index < -0.39 is 11.6 Å². The van der Waals surface area contributed by atoms with E-state index in [9.17, 15) is 14.4 Å². The summed E-state index contributed by atoms with van der Waals surface area (Å²) in [4.78, 5) is 50.5. The monoisotopic (exact) mass is 422 g/mol. The first kappa shape index (κ1) is 19.7. The Labute approximate surface area is 180 Å². The molecule has 3 aliphatic rings. The van der Waals surface area contributed by atoms with E-state index in [4.69, 9.17) is 4.98 Å². The first-order valence-corrected chi connectivity index (χ1v) is 11.0. The van der Waals surface area contributed by atoms with Gasteiger partial charge in [0.05, 0.1) is 11.0 Å². The van der Waals surface area contributed by atoms with E-state index in [1.54, 1.807) is 0 Å². The minimum atomic E-state index is -0.750. The average Bonchev–Trinajstić information content (AvgIpc) is 3.50. The lowest BCUT2D eigenvalue weighted by Gasteiger charge is -2.21. The van der Waals surface area contributed by atoms with Gasteiger partial charge in [0.15, 0.2) is 11.6 Å². The van der Waals surface area contributed by atoms with E-state index in [-0.39, 0.29) is 24.8 Å². The van der Waals surface area contributed by atoms with E-state index in [0.717, 1.165) is 44.3 Å². The summed E-state index contributed by atoms with van der Waals surface area (Å²) in [6.07, 6.45) is 5.38. The molecule has 31 heavy (non-hydrogen) atoms. The SMILES string of the molecule is O=C(CCN1C(=O)NC2(CCCC2)C1=O)Nc1nc2ccccc2nc1N1CCCC1. The molecule has 1 aromatic heterocycles. The van der Waals surface area contributed by atoms with Crippen molar-refractivity contribution in [3.05, 3.63) is 24.3 Å². The number of nitrogens with zero attached hydrogens (tertiary/aromatic N) is 4. The van der Waals surface area contributed by atoms with Crippen molar-refractivity contribution < 1.29 is 14.4 Å². The Bertz CT molecular complexity index is 1040. The van der Waals surface area contributed by atoms with Gasteiger partial charge in [0.25, 0.3) is 5.91 Å². The highest BCUT2D eigenvalue weighted by Gasteiger charge is 2.52. The van der Waals surface area contributed by atoms with Crippen LogP contribution in [0.3, 0.4) is 0 Å². The van der Waals surface area contributed by atoms with E-state index in [2.05, 4.69) is 20.5 Å². The van der Waals surface area contributed by atoms with E-state index in [0.29, 0.717) is 30.0 Å². The van der Waals surface area contributed by atoms with E-state index in [1.807, 2.05) is 24.3 Å². The molecule has 2 aromatic rings. The highest BCUT2D eigenvalue weighted by molar-refractivity contribution is 6.07. The highest BCUT2D eigenvalue weighted by Crippen LogP contribution is 2.35. The molecule has 3 heterocycles. The first-order chi connectivity index (χ1) is 15.1. The molecular formula is C22H26N6O3. The van der Waals surface area contributed by atoms with Gasteiger partial charge in [0.1, 0.15) is 5.54 Å². The molecule has 9 heteroatoms. The molecule has 1 spiro atoms. The molecule has 9 nitrogen and oxygen atoms in total. The number of anilines is 2. The molecule has 1 aromatic carbocycles. The number of carbonyl (C=O) groups excluding carboxylic acids is 3. The fraction of sp³-hybridized carbons (Fsp3) is 0.500. The van der Waals surface area contributed by atoms with Gasteiger partial charge < -0.3 is 15.5 Å². The fourth-order valence-corrected chi connectivity index (χ4v) is 4.83. The molecule has 1 aliphatic carbocycles. The maximum atomic E-state index is 12.8. The third-order valence-electron chi connectivity index (χ3n) is 6.48. The van der Waals surface area contributed by atoms with Crippen molar-refractivity contribution >= 4 is 40.5 Å². The zero-order valence-corrected chi connectivity index (χ0v) is 17.4. The summed E-state index contributed by atoms with van der Waals surface area (Å²) in [6.45, 7) is 1.80.